The van der Waals surface area contributed by atoms with Gasteiger partial charge in [-0.1, -0.05) is 37.4 Å². The van der Waals surface area contributed by atoms with Crippen molar-refractivity contribution < 1.29 is 13.6 Å². The molecule has 0 bridgehead atoms. The minimum Gasteiger partial charge on any atom is -0.459 e. The number of nitrogens with zero attached hydrogens (tertiary/aromatic N) is 2. The van der Waals surface area contributed by atoms with E-state index >= 15 is 0 Å². The van der Waals surface area contributed by atoms with Gasteiger partial charge in [-0.05, 0) is 31.9 Å². The van der Waals surface area contributed by atoms with Crippen LogP contribution in [0, 0.1) is 0 Å². The van der Waals surface area contributed by atoms with Gasteiger partial charge in [-0.25, -0.2) is 0 Å². The number of rotatable bonds is 5. The van der Waals surface area contributed by atoms with E-state index in [1.54, 1.807) is 18.4 Å². The predicted molar refractivity (Wildman–Crippen MR) is 87.0 cm³/mol. The smallest absolute Gasteiger partial charge is 0.284 e. The molecule has 3 rings (SSSR count). The molecule has 7 heteroatoms. The first-order chi connectivity index (χ1) is 11.2. The Labute approximate surface area is 139 Å². The van der Waals surface area contributed by atoms with E-state index in [4.69, 9.17) is 8.83 Å². The highest BCUT2D eigenvalue weighted by atomic mass is 32.2. The summed E-state index contributed by atoms with van der Waals surface area (Å²) in [7, 11) is 0. The average Bonchev–Trinajstić information content (AvgIpc) is 3.16. The summed E-state index contributed by atoms with van der Waals surface area (Å²) in [4.78, 5) is 12.3. The lowest BCUT2D eigenvalue weighted by Crippen LogP contribution is -2.39. The molecule has 1 aliphatic carbocycles. The van der Waals surface area contributed by atoms with E-state index in [1.165, 1.54) is 37.4 Å². The van der Waals surface area contributed by atoms with Crippen molar-refractivity contribution in [3.63, 3.8) is 0 Å². The highest BCUT2D eigenvalue weighted by Gasteiger charge is 2.22. The summed E-state index contributed by atoms with van der Waals surface area (Å²) in [5.74, 6) is 0.883. The van der Waals surface area contributed by atoms with E-state index < -0.39 is 0 Å². The van der Waals surface area contributed by atoms with Crippen molar-refractivity contribution >= 4 is 17.7 Å². The lowest BCUT2D eigenvalue weighted by molar-refractivity contribution is -0.121. The number of thioether (sulfide) groups is 1. The molecule has 1 atom stereocenters. The van der Waals surface area contributed by atoms with Crippen LogP contribution in [-0.2, 0) is 4.79 Å². The molecule has 124 valence electrons. The van der Waals surface area contributed by atoms with Crippen molar-refractivity contribution in [3.8, 4) is 11.7 Å². The summed E-state index contributed by atoms with van der Waals surface area (Å²) in [6, 6.07) is 3.81. The second-order valence-corrected chi connectivity index (χ2v) is 7.10. The van der Waals surface area contributed by atoms with E-state index in [2.05, 4.69) is 15.5 Å². The molecule has 0 unspecified atom stereocenters. The molecule has 1 amide bonds. The minimum atomic E-state index is -0.275. The molecule has 2 heterocycles. The van der Waals surface area contributed by atoms with Gasteiger partial charge in [0.15, 0.2) is 5.76 Å². The summed E-state index contributed by atoms with van der Waals surface area (Å²) in [6.45, 7) is 1.85. The average molecular weight is 335 g/mol. The Balaban J connectivity index is 1.53. The van der Waals surface area contributed by atoms with Crippen LogP contribution in [0.5, 0.6) is 0 Å². The van der Waals surface area contributed by atoms with Crippen molar-refractivity contribution in [3.05, 3.63) is 18.4 Å². The fourth-order valence-corrected chi connectivity index (χ4v) is 3.40. The van der Waals surface area contributed by atoms with E-state index in [9.17, 15) is 4.79 Å². The number of carbonyl (C=O) groups excluding carboxylic acids is 1. The molecule has 2 aromatic rings. The summed E-state index contributed by atoms with van der Waals surface area (Å²) >= 11 is 1.27. The van der Waals surface area contributed by atoms with Crippen LogP contribution in [0.25, 0.3) is 11.7 Å². The lowest BCUT2D eigenvalue weighted by atomic mass is 10.1. The van der Waals surface area contributed by atoms with Crippen LogP contribution >= 0.6 is 11.8 Å². The van der Waals surface area contributed by atoms with E-state index in [0.717, 1.165) is 12.8 Å². The molecule has 1 saturated carbocycles. The molecule has 1 fully saturated rings. The van der Waals surface area contributed by atoms with Crippen LogP contribution < -0.4 is 5.32 Å². The normalized spacial score (nSPS) is 17.6. The van der Waals surface area contributed by atoms with Gasteiger partial charge in [0.05, 0.1) is 11.5 Å². The third kappa shape index (κ3) is 4.37. The number of carbonyl (C=O) groups is 1. The maximum absolute atomic E-state index is 12.3. The number of hydrogen-bond acceptors (Lipinski definition) is 6. The molecule has 0 radical (unpaired) electrons. The largest absolute Gasteiger partial charge is 0.459 e. The second kappa shape index (κ2) is 7.68. The van der Waals surface area contributed by atoms with Crippen molar-refractivity contribution in [2.45, 2.75) is 62.0 Å². The Morgan fingerprint density at radius 2 is 2.09 bits per heavy atom. The van der Waals surface area contributed by atoms with Crippen molar-refractivity contribution in [1.29, 1.82) is 0 Å². The number of furan rings is 1. The molecule has 0 aromatic carbocycles. The first-order valence-electron chi connectivity index (χ1n) is 8.07. The summed E-state index contributed by atoms with van der Waals surface area (Å²) < 4.78 is 10.7. The van der Waals surface area contributed by atoms with E-state index in [1.807, 2.05) is 6.92 Å². The van der Waals surface area contributed by atoms with Gasteiger partial charge in [-0.2, -0.15) is 0 Å². The standard InChI is InChI=1S/C16H21N3O3S/c1-11(14(20)17-12-7-4-2-3-5-8-12)23-16-19-18-15(22-16)13-9-6-10-21-13/h6,9-12H,2-5,7-8H2,1H3,(H,17,20)/t11-/m0/s1. The van der Waals surface area contributed by atoms with Crippen molar-refractivity contribution in [2.75, 3.05) is 0 Å². The topological polar surface area (TPSA) is 81.2 Å². The molecule has 0 aliphatic heterocycles. The third-order valence-electron chi connectivity index (χ3n) is 3.99. The summed E-state index contributed by atoms with van der Waals surface area (Å²) in [5.41, 5.74) is 0. The Hall–Kier alpha value is -1.76. The van der Waals surface area contributed by atoms with Gasteiger partial charge in [-0.3, -0.25) is 4.79 Å². The first kappa shape index (κ1) is 16.1. The van der Waals surface area contributed by atoms with E-state index in [-0.39, 0.29) is 11.2 Å². The molecule has 0 saturated heterocycles. The van der Waals surface area contributed by atoms with Gasteiger partial charge in [0.25, 0.3) is 11.1 Å². The van der Waals surface area contributed by atoms with Crippen LogP contribution in [0.15, 0.2) is 32.5 Å². The molecular weight excluding hydrogens is 314 g/mol. The molecule has 0 spiro atoms. The van der Waals surface area contributed by atoms with Crippen LogP contribution in [0.4, 0.5) is 0 Å². The molecule has 1 aliphatic rings. The fourth-order valence-electron chi connectivity index (χ4n) is 2.70. The number of aromatic nitrogens is 2. The molecule has 1 N–H and O–H groups in total. The van der Waals surface area contributed by atoms with Crippen LogP contribution in [0.3, 0.4) is 0 Å². The number of nitrogens with one attached hydrogen (secondary N) is 1. The van der Waals surface area contributed by atoms with Gasteiger partial charge in [0.2, 0.25) is 5.91 Å². The SMILES string of the molecule is C[C@H](Sc1nnc(-c2ccco2)o1)C(=O)NC1CCCCCC1. The molecule has 2 aromatic heterocycles. The van der Waals surface area contributed by atoms with Crippen molar-refractivity contribution in [1.82, 2.24) is 15.5 Å². The zero-order valence-corrected chi connectivity index (χ0v) is 14.0. The maximum Gasteiger partial charge on any atom is 0.284 e. The number of amides is 1. The third-order valence-corrected chi connectivity index (χ3v) is 4.92. The van der Waals surface area contributed by atoms with Gasteiger partial charge in [0.1, 0.15) is 0 Å². The highest BCUT2D eigenvalue weighted by Crippen LogP contribution is 2.26. The Morgan fingerprint density at radius 1 is 1.30 bits per heavy atom. The summed E-state index contributed by atoms with van der Waals surface area (Å²) in [6.07, 6.45) is 8.64. The first-order valence-corrected chi connectivity index (χ1v) is 8.95. The zero-order chi connectivity index (χ0) is 16.1. The number of hydrogen-bond donors (Lipinski definition) is 1. The molecule has 6 nitrogen and oxygen atoms in total. The van der Waals surface area contributed by atoms with Gasteiger partial charge >= 0.3 is 0 Å². The van der Waals surface area contributed by atoms with Crippen LogP contribution in [-0.4, -0.2) is 27.4 Å². The Morgan fingerprint density at radius 3 is 2.78 bits per heavy atom. The lowest BCUT2D eigenvalue weighted by Gasteiger charge is -2.18. The van der Waals surface area contributed by atoms with Gasteiger partial charge < -0.3 is 14.2 Å². The van der Waals surface area contributed by atoms with Crippen LogP contribution in [0.1, 0.15) is 45.4 Å². The van der Waals surface area contributed by atoms with Gasteiger partial charge in [0, 0.05) is 6.04 Å². The second-order valence-electron chi connectivity index (χ2n) is 5.81. The fraction of sp³-hybridized carbons (Fsp3) is 0.562. The predicted octanol–water partition coefficient (Wildman–Crippen LogP) is 3.65. The highest BCUT2D eigenvalue weighted by molar-refractivity contribution is 8.00. The van der Waals surface area contributed by atoms with Crippen LogP contribution in [0.2, 0.25) is 0 Å². The Kier molecular flexibility index (Phi) is 5.38. The quantitative estimate of drug-likeness (QED) is 0.663. The minimum absolute atomic E-state index is 0.0275. The van der Waals surface area contributed by atoms with Gasteiger partial charge in [-0.15, -0.1) is 10.2 Å². The Bertz CT molecular complexity index is 618. The monoisotopic (exact) mass is 335 g/mol. The molecular formula is C16H21N3O3S. The zero-order valence-electron chi connectivity index (χ0n) is 13.2. The maximum atomic E-state index is 12.3. The van der Waals surface area contributed by atoms with E-state index in [0.29, 0.717) is 22.9 Å². The molecule has 23 heavy (non-hydrogen) atoms. The van der Waals surface area contributed by atoms with Crippen molar-refractivity contribution in [2.24, 2.45) is 0 Å². The summed E-state index contributed by atoms with van der Waals surface area (Å²) in [5, 5.41) is 11.1.